The maximum atomic E-state index is 4.50. The fraction of sp³-hybridized carbons (Fsp3) is 1.00. The average molecular weight is 221 g/mol. The standard InChI is InChI=1S/C5H12.2C3H8.C2H6.CH5N/c1-3-5-4-2;2*1-3-2;2*1-2/h3-5H2,1-2H3;2*3H2,1-2H3;1-2H3;2H2,1H3. The molecule has 0 aromatic carbocycles. The van der Waals surface area contributed by atoms with Crippen molar-refractivity contribution in [2.45, 2.75) is 87.5 Å². The predicted molar refractivity (Wildman–Crippen MR) is 78.6 cm³/mol. The van der Waals surface area contributed by atoms with Gasteiger partial charge >= 0.3 is 0 Å². The van der Waals surface area contributed by atoms with Gasteiger partial charge in [-0.25, -0.2) is 0 Å². The maximum Gasteiger partial charge on any atom is -0.0195 e. The van der Waals surface area contributed by atoms with Crippen LogP contribution in [0.1, 0.15) is 87.5 Å². The van der Waals surface area contributed by atoms with E-state index in [-0.39, 0.29) is 0 Å². The van der Waals surface area contributed by atoms with Gasteiger partial charge in [-0.15, -0.1) is 0 Å². The fourth-order valence-electron chi connectivity index (χ4n) is 0.354. The van der Waals surface area contributed by atoms with Gasteiger partial charge in [0.2, 0.25) is 0 Å². The van der Waals surface area contributed by atoms with Gasteiger partial charge in [-0.3, -0.25) is 0 Å². The minimum Gasteiger partial charge on any atom is -0.333 e. The van der Waals surface area contributed by atoms with Crippen molar-refractivity contribution in [2.75, 3.05) is 7.05 Å². The van der Waals surface area contributed by atoms with E-state index in [1.165, 1.54) is 39.2 Å². The first kappa shape index (κ1) is 29.4. The van der Waals surface area contributed by atoms with Crippen LogP contribution in [0.2, 0.25) is 0 Å². The Hall–Kier alpha value is -0.0400. The van der Waals surface area contributed by atoms with Gasteiger partial charge in [0.1, 0.15) is 0 Å². The molecule has 0 amide bonds. The van der Waals surface area contributed by atoms with Crippen molar-refractivity contribution in [1.29, 1.82) is 0 Å². The molecular weight excluding hydrogens is 182 g/mol. The van der Waals surface area contributed by atoms with E-state index >= 15 is 0 Å². The van der Waals surface area contributed by atoms with Crippen LogP contribution in [-0.2, 0) is 0 Å². The number of unbranched alkanes of at least 4 members (excludes halogenated alkanes) is 2. The van der Waals surface area contributed by atoms with Crippen LogP contribution in [0, 0.1) is 0 Å². The molecule has 0 radical (unpaired) electrons. The van der Waals surface area contributed by atoms with E-state index in [1.54, 1.807) is 0 Å². The summed E-state index contributed by atoms with van der Waals surface area (Å²) in [6.07, 6.45) is 6.58. The van der Waals surface area contributed by atoms with Crippen LogP contribution >= 0.6 is 0 Å². The van der Waals surface area contributed by atoms with E-state index in [9.17, 15) is 0 Å². The van der Waals surface area contributed by atoms with Crippen molar-refractivity contribution in [1.82, 2.24) is 0 Å². The van der Waals surface area contributed by atoms with Crippen molar-refractivity contribution in [3.05, 3.63) is 0 Å². The first-order valence-electron chi connectivity index (χ1n) is 6.82. The van der Waals surface area contributed by atoms with Crippen LogP contribution in [0.3, 0.4) is 0 Å². The summed E-state index contributed by atoms with van der Waals surface area (Å²) in [6.45, 7) is 16.9. The monoisotopic (exact) mass is 221 g/mol. The SMILES string of the molecule is CC.CCC.CCC.CCCCC.CN. The molecule has 0 rings (SSSR count). The molecule has 1 nitrogen and oxygen atoms in total. The van der Waals surface area contributed by atoms with Crippen LogP contribution < -0.4 is 5.73 Å². The molecule has 0 aliphatic rings. The summed E-state index contributed by atoms with van der Waals surface area (Å²) in [5.74, 6) is 0. The topological polar surface area (TPSA) is 26.0 Å². The highest BCUT2D eigenvalue weighted by Gasteiger charge is 1.68. The number of rotatable bonds is 2. The average Bonchev–Trinajstić information content (AvgIpc) is 2.27. The van der Waals surface area contributed by atoms with Crippen LogP contribution in [0.4, 0.5) is 0 Å². The number of nitrogens with two attached hydrogens (primary N) is 1. The molecule has 0 aliphatic carbocycles. The smallest absolute Gasteiger partial charge is 0.0195 e. The lowest BCUT2D eigenvalue weighted by atomic mass is 10.3. The Balaban J connectivity index is -0.0000000296. The van der Waals surface area contributed by atoms with E-state index in [0.717, 1.165) is 0 Å². The highest BCUT2D eigenvalue weighted by molar-refractivity contribution is 4.24. The van der Waals surface area contributed by atoms with E-state index in [0.29, 0.717) is 0 Å². The van der Waals surface area contributed by atoms with Gasteiger partial charge in [0.25, 0.3) is 0 Å². The highest BCUT2D eigenvalue weighted by atomic mass is 14.4. The van der Waals surface area contributed by atoms with Gasteiger partial charge in [-0.2, -0.15) is 0 Å². The zero-order valence-electron chi connectivity index (χ0n) is 13.1. The molecule has 0 fully saturated rings. The lowest BCUT2D eigenvalue weighted by molar-refractivity contribution is 0.772. The molecule has 0 saturated heterocycles. The maximum absolute atomic E-state index is 4.50. The van der Waals surface area contributed by atoms with Gasteiger partial charge in [0.15, 0.2) is 0 Å². The summed E-state index contributed by atoms with van der Waals surface area (Å²) >= 11 is 0. The summed E-state index contributed by atoms with van der Waals surface area (Å²) in [7, 11) is 1.50. The molecule has 2 N–H and O–H groups in total. The van der Waals surface area contributed by atoms with Crippen molar-refractivity contribution in [3.63, 3.8) is 0 Å². The molecule has 0 atom stereocenters. The molecule has 0 spiro atoms. The Bertz CT molecular complexity index is 24.5. The van der Waals surface area contributed by atoms with Crippen molar-refractivity contribution >= 4 is 0 Å². The van der Waals surface area contributed by atoms with Gasteiger partial charge in [-0.1, -0.05) is 87.5 Å². The first-order valence-corrected chi connectivity index (χ1v) is 6.82. The summed E-state index contributed by atoms with van der Waals surface area (Å²) in [6, 6.07) is 0. The third-order valence-corrected chi connectivity index (χ3v) is 0.707. The Kier molecular flexibility index (Phi) is 187. The molecule has 15 heavy (non-hydrogen) atoms. The van der Waals surface area contributed by atoms with Gasteiger partial charge in [0, 0.05) is 0 Å². The summed E-state index contributed by atoms with van der Waals surface area (Å²) in [4.78, 5) is 0. The fourth-order valence-corrected chi connectivity index (χ4v) is 0.354. The Morgan fingerprint density at radius 3 is 0.733 bits per heavy atom. The predicted octanol–water partition coefficient (Wildman–Crippen LogP) is 5.63. The molecule has 100 valence electrons. The molecule has 0 unspecified atom stereocenters. The summed E-state index contributed by atoms with van der Waals surface area (Å²) in [5, 5.41) is 0. The quantitative estimate of drug-likeness (QED) is 0.642. The third kappa shape index (κ3) is 520. The number of hydrogen-bond donors (Lipinski definition) is 1. The third-order valence-electron chi connectivity index (χ3n) is 0.707. The second kappa shape index (κ2) is 95.3. The zero-order chi connectivity index (χ0) is 13.5. The summed E-state index contributed by atoms with van der Waals surface area (Å²) in [5.41, 5.74) is 4.50. The molecule has 0 saturated carbocycles. The van der Waals surface area contributed by atoms with Crippen LogP contribution in [0.15, 0.2) is 0 Å². The molecule has 0 aromatic rings. The molecule has 0 bridgehead atoms. The second-order valence-corrected chi connectivity index (χ2v) is 2.77. The van der Waals surface area contributed by atoms with Gasteiger partial charge in [0.05, 0.1) is 0 Å². The van der Waals surface area contributed by atoms with Crippen molar-refractivity contribution < 1.29 is 0 Å². The number of hydrogen-bond acceptors (Lipinski definition) is 1. The van der Waals surface area contributed by atoms with Crippen LogP contribution in [0.25, 0.3) is 0 Å². The van der Waals surface area contributed by atoms with Crippen molar-refractivity contribution in [2.24, 2.45) is 5.73 Å². The van der Waals surface area contributed by atoms with E-state index in [2.05, 4.69) is 47.3 Å². The lowest BCUT2D eigenvalue weighted by Crippen LogP contribution is -1.69. The zero-order valence-corrected chi connectivity index (χ0v) is 13.1. The van der Waals surface area contributed by atoms with Crippen molar-refractivity contribution in [3.8, 4) is 0 Å². The Morgan fingerprint density at radius 2 is 0.733 bits per heavy atom. The first-order chi connectivity index (χ1) is 7.24. The van der Waals surface area contributed by atoms with Gasteiger partial charge < -0.3 is 5.73 Å². The Morgan fingerprint density at radius 1 is 0.600 bits per heavy atom. The highest BCUT2D eigenvalue weighted by Crippen LogP contribution is 1.88. The molecule has 1 heteroatoms. The molecule has 0 aromatic heterocycles. The van der Waals surface area contributed by atoms with E-state index in [1.807, 2.05) is 13.8 Å². The minimum atomic E-state index is 1.25. The molecule has 0 aliphatic heterocycles. The molecule has 0 heterocycles. The second-order valence-electron chi connectivity index (χ2n) is 2.77. The van der Waals surface area contributed by atoms with Gasteiger partial charge in [-0.05, 0) is 7.05 Å². The van der Waals surface area contributed by atoms with Crippen LogP contribution in [-0.4, -0.2) is 7.05 Å². The van der Waals surface area contributed by atoms with E-state index < -0.39 is 0 Å². The lowest BCUT2D eigenvalue weighted by Gasteiger charge is -1.79. The summed E-state index contributed by atoms with van der Waals surface area (Å²) < 4.78 is 0. The van der Waals surface area contributed by atoms with Crippen LogP contribution in [0.5, 0.6) is 0 Å². The largest absolute Gasteiger partial charge is 0.333 e. The Labute approximate surface area is 101 Å². The molecular formula is C14H39N. The van der Waals surface area contributed by atoms with E-state index in [4.69, 9.17) is 0 Å². The normalized spacial score (nSPS) is 6.00. The minimum absolute atomic E-state index is 1.25.